The van der Waals surface area contributed by atoms with Gasteiger partial charge in [-0.25, -0.2) is 9.78 Å². The first-order valence-corrected chi connectivity index (χ1v) is 9.99. The molecular weight excluding hydrogens is 398 g/mol. The minimum atomic E-state index is -0.824. The zero-order valence-corrected chi connectivity index (χ0v) is 17.9. The van der Waals surface area contributed by atoms with Crippen LogP contribution in [0.3, 0.4) is 0 Å². The standard InChI is InChI=1S/C19H25N3O6S/c1-6-10(2)16(19(26)27-5)21-13(23)8-28-14(24)7-22-9-20-17-15(18(22)25)11(3)12(4)29-17/h9-10,16H,6-8H2,1-5H3,(H,21,23)/t10-,16+/m1/s1. The molecular formula is C19H25N3O6S. The number of hydrogen-bond donors (Lipinski definition) is 1. The van der Waals surface area contributed by atoms with Crippen LogP contribution in [0, 0.1) is 19.8 Å². The van der Waals surface area contributed by atoms with Crippen LogP contribution in [0.4, 0.5) is 0 Å². The van der Waals surface area contributed by atoms with Crippen LogP contribution in [0.15, 0.2) is 11.1 Å². The van der Waals surface area contributed by atoms with Crippen molar-refractivity contribution in [3.05, 3.63) is 27.1 Å². The number of nitrogens with zero attached hydrogens (tertiary/aromatic N) is 2. The van der Waals surface area contributed by atoms with Gasteiger partial charge in [0.15, 0.2) is 6.61 Å². The van der Waals surface area contributed by atoms with Gasteiger partial charge in [0, 0.05) is 4.88 Å². The van der Waals surface area contributed by atoms with Gasteiger partial charge in [0.2, 0.25) is 0 Å². The molecule has 0 aliphatic carbocycles. The number of nitrogens with one attached hydrogen (secondary N) is 1. The van der Waals surface area contributed by atoms with Crippen molar-refractivity contribution in [3.8, 4) is 0 Å². The Balaban J connectivity index is 1.99. The third kappa shape index (κ3) is 5.20. The SMILES string of the molecule is CC[C@@H](C)[C@H](NC(=O)COC(=O)Cn1cnc2sc(C)c(C)c2c1=O)C(=O)OC. The van der Waals surface area contributed by atoms with Gasteiger partial charge in [-0.3, -0.25) is 19.0 Å². The summed E-state index contributed by atoms with van der Waals surface area (Å²) in [4.78, 5) is 54.4. The lowest BCUT2D eigenvalue weighted by atomic mass is 9.99. The Morgan fingerprint density at radius 2 is 2.00 bits per heavy atom. The van der Waals surface area contributed by atoms with E-state index < -0.39 is 30.5 Å². The summed E-state index contributed by atoms with van der Waals surface area (Å²) in [5, 5.41) is 2.99. The fourth-order valence-corrected chi connectivity index (χ4v) is 3.71. The molecule has 0 aliphatic rings. The first-order chi connectivity index (χ1) is 13.7. The molecule has 29 heavy (non-hydrogen) atoms. The summed E-state index contributed by atoms with van der Waals surface area (Å²) < 4.78 is 10.8. The smallest absolute Gasteiger partial charge is 0.328 e. The van der Waals surface area contributed by atoms with Crippen molar-refractivity contribution in [3.63, 3.8) is 0 Å². The predicted molar refractivity (Wildman–Crippen MR) is 108 cm³/mol. The maximum absolute atomic E-state index is 12.6. The maximum Gasteiger partial charge on any atom is 0.328 e. The van der Waals surface area contributed by atoms with Gasteiger partial charge in [-0.1, -0.05) is 20.3 Å². The molecule has 0 bridgehead atoms. The molecule has 2 heterocycles. The minimum absolute atomic E-state index is 0.143. The molecule has 2 atom stereocenters. The summed E-state index contributed by atoms with van der Waals surface area (Å²) in [6.07, 6.45) is 1.94. The Bertz CT molecular complexity index is 980. The molecule has 0 aromatic carbocycles. The number of carbonyl (C=O) groups excluding carboxylic acids is 3. The van der Waals surface area contributed by atoms with E-state index in [1.165, 1.54) is 24.8 Å². The number of ether oxygens (including phenoxy) is 2. The van der Waals surface area contributed by atoms with Crippen molar-refractivity contribution in [2.75, 3.05) is 13.7 Å². The van der Waals surface area contributed by atoms with Crippen LogP contribution in [0.1, 0.15) is 30.7 Å². The van der Waals surface area contributed by atoms with E-state index in [1.807, 2.05) is 20.8 Å². The number of hydrogen-bond acceptors (Lipinski definition) is 8. The van der Waals surface area contributed by atoms with Gasteiger partial charge in [-0.05, 0) is 25.3 Å². The highest BCUT2D eigenvalue weighted by atomic mass is 32.1. The molecule has 0 radical (unpaired) electrons. The number of fused-ring (bicyclic) bond motifs is 1. The first kappa shape index (κ1) is 22.5. The van der Waals surface area contributed by atoms with Crippen molar-refractivity contribution >= 4 is 39.4 Å². The quantitative estimate of drug-likeness (QED) is 0.637. The van der Waals surface area contributed by atoms with Crippen LogP contribution >= 0.6 is 11.3 Å². The van der Waals surface area contributed by atoms with E-state index in [0.717, 1.165) is 15.0 Å². The highest BCUT2D eigenvalue weighted by Gasteiger charge is 2.27. The molecule has 0 fully saturated rings. The fourth-order valence-electron chi connectivity index (χ4n) is 2.72. The number of aromatic nitrogens is 2. The average Bonchev–Trinajstić information content (AvgIpc) is 2.99. The lowest BCUT2D eigenvalue weighted by Gasteiger charge is -2.21. The molecule has 158 valence electrons. The summed E-state index contributed by atoms with van der Waals surface area (Å²) in [5.74, 6) is -2.09. The van der Waals surface area contributed by atoms with Crippen molar-refractivity contribution in [1.82, 2.24) is 14.9 Å². The molecule has 1 amide bonds. The van der Waals surface area contributed by atoms with Crippen molar-refractivity contribution in [1.29, 1.82) is 0 Å². The number of thiophene rings is 1. The van der Waals surface area contributed by atoms with E-state index >= 15 is 0 Å². The monoisotopic (exact) mass is 423 g/mol. The van der Waals surface area contributed by atoms with Gasteiger partial charge < -0.3 is 14.8 Å². The lowest BCUT2D eigenvalue weighted by molar-refractivity contribution is -0.151. The van der Waals surface area contributed by atoms with E-state index in [2.05, 4.69) is 10.3 Å². The van der Waals surface area contributed by atoms with E-state index in [-0.39, 0.29) is 18.0 Å². The zero-order valence-electron chi connectivity index (χ0n) is 17.1. The molecule has 2 rings (SSSR count). The van der Waals surface area contributed by atoms with Crippen LogP contribution in [0.5, 0.6) is 0 Å². The Hall–Kier alpha value is -2.75. The second-order valence-corrected chi connectivity index (χ2v) is 7.96. The zero-order chi connectivity index (χ0) is 21.7. The van der Waals surface area contributed by atoms with Crippen molar-refractivity contribution in [2.45, 2.75) is 46.7 Å². The van der Waals surface area contributed by atoms with E-state index in [1.54, 1.807) is 6.92 Å². The van der Waals surface area contributed by atoms with Crippen LogP contribution < -0.4 is 10.9 Å². The first-order valence-electron chi connectivity index (χ1n) is 9.17. The number of amides is 1. The number of aryl methyl sites for hydroxylation is 2. The number of methoxy groups -OCH3 is 1. The third-order valence-electron chi connectivity index (χ3n) is 4.80. The molecule has 2 aromatic rings. The van der Waals surface area contributed by atoms with Crippen LogP contribution in [0.2, 0.25) is 0 Å². The molecule has 10 heteroatoms. The topological polar surface area (TPSA) is 117 Å². The minimum Gasteiger partial charge on any atom is -0.467 e. The maximum atomic E-state index is 12.6. The second kappa shape index (κ2) is 9.64. The summed E-state index contributed by atoms with van der Waals surface area (Å²) in [7, 11) is 1.24. The Morgan fingerprint density at radius 1 is 1.31 bits per heavy atom. The van der Waals surface area contributed by atoms with Gasteiger partial charge >= 0.3 is 11.9 Å². The normalized spacial score (nSPS) is 13.0. The highest BCUT2D eigenvalue weighted by Crippen LogP contribution is 2.25. The predicted octanol–water partition coefficient (Wildman–Crippen LogP) is 1.32. The third-order valence-corrected chi connectivity index (χ3v) is 5.92. The second-order valence-electron chi connectivity index (χ2n) is 6.76. The van der Waals surface area contributed by atoms with Crippen LogP contribution in [0.25, 0.3) is 10.2 Å². The molecule has 0 aliphatic heterocycles. The lowest BCUT2D eigenvalue weighted by Crippen LogP contribution is -2.47. The molecule has 1 N–H and O–H groups in total. The summed E-state index contributed by atoms with van der Waals surface area (Å²) in [6.45, 7) is 6.49. The van der Waals surface area contributed by atoms with Gasteiger partial charge in [-0.15, -0.1) is 11.3 Å². The van der Waals surface area contributed by atoms with Crippen LogP contribution in [-0.4, -0.2) is 47.2 Å². The summed E-state index contributed by atoms with van der Waals surface area (Å²) in [5.41, 5.74) is 0.504. The summed E-state index contributed by atoms with van der Waals surface area (Å²) >= 11 is 1.42. The van der Waals surface area contributed by atoms with Crippen LogP contribution in [-0.2, 0) is 30.4 Å². The van der Waals surface area contributed by atoms with E-state index in [0.29, 0.717) is 16.6 Å². The molecule has 2 aromatic heterocycles. The molecule has 0 saturated carbocycles. The van der Waals surface area contributed by atoms with Crippen molar-refractivity contribution < 1.29 is 23.9 Å². The average molecular weight is 423 g/mol. The van der Waals surface area contributed by atoms with Gasteiger partial charge in [0.25, 0.3) is 11.5 Å². The fraction of sp³-hybridized carbons (Fsp3) is 0.526. The molecule has 9 nitrogen and oxygen atoms in total. The number of esters is 2. The largest absolute Gasteiger partial charge is 0.467 e. The molecule has 0 unspecified atom stereocenters. The molecule has 0 spiro atoms. The number of carbonyl (C=O) groups is 3. The van der Waals surface area contributed by atoms with Crippen molar-refractivity contribution in [2.24, 2.45) is 5.92 Å². The van der Waals surface area contributed by atoms with Gasteiger partial charge in [-0.2, -0.15) is 0 Å². The Kier molecular flexibility index (Phi) is 7.49. The van der Waals surface area contributed by atoms with E-state index in [4.69, 9.17) is 9.47 Å². The van der Waals surface area contributed by atoms with Gasteiger partial charge in [0.05, 0.1) is 18.8 Å². The Labute approximate surface area is 172 Å². The van der Waals surface area contributed by atoms with Gasteiger partial charge in [0.1, 0.15) is 17.4 Å². The van der Waals surface area contributed by atoms with E-state index in [9.17, 15) is 19.2 Å². The number of rotatable bonds is 8. The molecule has 0 saturated heterocycles. The highest BCUT2D eigenvalue weighted by molar-refractivity contribution is 7.18. The Morgan fingerprint density at radius 3 is 2.62 bits per heavy atom. The summed E-state index contributed by atoms with van der Waals surface area (Å²) in [6, 6.07) is -0.824.